The third-order valence-corrected chi connectivity index (χ3v) is 9.28. The maximum atomic E-state index is 6.29. The minimum atomic E-state index is 0.474. The summed E-state index contributed by atoms with van der Waals surface area (Å²) in [5.74, 6) is 0. The number of hydrogen-bond donors (Lipinski definition) is 1. The van der Waals surface area contributed by atoms with E-state index in [4.69, 9.17) is 5.73 Å². The van der Waals surface area contributed by atoms with Crippen LogP contribution in [0.25, 0.3) is 44.4 Å². The molecule has 6 aromatic rings. The van der Waals surface area contributed by atoms with E-state index in [2.05, 4.69) is 187 Å². The molecule has 0 aliphatic heterocycles. The van der Waals surface area contributed by atoms with Gasteiger partial charge in [0, 0.05) is 0 Å². The van der Waals surface area contributed by atoms with Crippen molar-refractivity contribution in [3.8, 4) is 33.4 Å². The molecule has 0 fully saturated rings. The standard InChI is InChI=1S/C46H42BN/c1-31-14-9-11-19-41(31)44-29-39(26-27-40(44)30-48)45(28-34(4)36-22-24-38(25-23-36)37-17-7-6-8-18-37)47-35(5)43-21-13-16-33(3)46(43)42-20-12-10-15-32(42)2/h6-29H,5,30,48H2,1-4H3/b34-28+. The molecule has 0 aromatic heterocycles. The molecule has 0 amide bonds. The van der Waals surface area contributed by atoms with Crippen LogP contribution in [-0.2, 0) is 6.54 Å². The summed E-state index contributed by atoms with van der Waals surface area (Å²) >= 11 is 0. The van der Waals surface area contributed by atoms with Crippen LogP contribution >= 0.6 is 0 Å². The van der Waals surface area contributed by atoms with Gasteiger partial charge in [0.2, 0.25) is 0 Å². The fraction of sp³-hybridized carbons (Fsp3) is 0.109. The molecule has 48 heavy (non-hydrogen) atoms. The molecule has 0 saturated heterocycles. The Kier molecular flexibility index (Phi) is 9.95. The number of aryl methyl sites for hydroxylation is 3. The third-order valence-electron chi connectivity index (χ3n) is 9.28. The van der Waals surface area contributed by atoms with Gasteiger partial charge in [0.05, 0.1) is 0 Å². The Hall–Kier alpha value is -5.31. The van der Waals surface area contributed by atoms with Gasteiger partial charge in [-0.3, -0.25) is 0 Å². The molecule has 2 heteroatoms. The number of nitrogens with two attached hydrogens (primary N) is 1. The van der Waals surface area contributed by atoms with Crippen LogP contribution in [-0.4, -0.2) is 12.4 Å². The summed E-state index contributed by atoms with van der Waals surface area (Å²) in [5, 5.41) is 0. The molecule has 6 aromatic carbocycles. The third kappa shape index (κ3) is 7.00. The summed E-state index contributed by atoms with van der Waals surface area (Å²) in [4.78, 5) is 0. The van der Waals surface area contributed by atoms with E-state index in [1.165, 1.54) is 61.2 Å². The monoisotopic (exact) mass is 619 g/mol. The van der Waals surface area contributed by atoms with Gasteiger partial charge in [-0.15, -0.1) is 0 Å². The minimum absolute atomic E-state index is 0.474. The maximum absolute atomic E-state index is 6.29. The topological polar surface area (TPSA) is 26.0 Å². The second-order valence-corrected chi connectivity index (χ2v) is 12.6. The van der Waals surface area contributed by atoms with Crippen LogP contribution in [0.5, 0.6) is 0 Å². The van der Waals surface area contributed by atoms with Gasteiger partial charge in [-0.1, -0.05) is 0 Å². The van der Waals surface area contributed by atoms with Crippen LogP contribution in [0.4, 0.5) is 0 Å². The summed E-state index contributed by atoms with van der Waals surface area (Å²) in [6.07, 6.45) is 2.30. The van der Waals surface area contributed by atoms with Gasteiger partial charge < -0.3 is 0 Å². The average Bonchev–Trinajstić information content (AvgIpc) is 3.12. The van der Waals surface area contributed by atoms with E-state index in [9.17, 15) is 0 Å². The molecule has 0 bridgehead atoms. The van der Waals surface area contributed by atoms with Crippen molar-refractivity contribution in [3.63, 3.8) is 0 Å². The zero-order valence-electron chi connectivity index (χ0n) is 28.4. The summed E-state index contributed by atoms with van der Waals surface area (Å²) < 4.78 is 0. The van der Waals surface area contributed by atoms with E-state index >= 15 is 0 Å². The molecule has 234 valence electrons. The van der Waals surface area contributed by atoms with Crippen LogP contribution < -0.4 is 5.73 Å². The molecule has 0 atom stereocenters. The van der Waals surface area contributed by atoms with Crippen molar-refractivity contribution >= 4 is 23.4 Å². The van der Waals surface area contributed by atoms with Crippen LogP contribution in [0, 0.1) is 20.8 Å². The Bertz CT molecular complexity index is 2150. The first kappa shape index (κ1) is 32.6. The van der Waals surface area contributed by atoms with Crippen LogP contribution in [0.3, 0.4) is 0 Å². The predicted molar refractivity (Wildman–Crippen MR) is 210 cm³/mol. The molecule has 1 nitrogen and oxygen atoms in total. The fourth-order valence-corrected chi connectivity index (χ4v) is 6.55. The number of benzene rings is 6. The van der Waals surface area contributed by atoms with Gasteiger partial charge in [0.15, 0.2) is 0 Å². The molecule has 0 heterocycles. The van der Waals surface area contributed by atoms with Gasteiger partial charge in [-0.2, -0.15) is 0 Å². The Morgan fingerprint density at radius 1 is 0.604 bits per heavy atom. The first-order valence-electron chi connectivity index (χ1n) is 16.6. The Morgan fingerprint density at radius 3 is 1.85 bits per heavy atom. The zero-order chi connectivity index (χ0) is 33.6. The average molecular weight is 620 g/mol. The van der Waals surface area contributed by atoms with Gasteiger partial charge in [0.1, 0.15) is 0 Å². The summed E-state index contributed by atoms with van der Waals surface area (Å²) in [6, 6.07) is 49.7. The first-order valence-corrected chi connectivity index (χ1v) is 16.6. The van der Waals surface area contributed by atoms with E-state index < -0.39 is 0 Å². The Labute approximate surface area is 287 Å². The van der Waals surface area contributed by atoms with Gasteiger partial charge in [-0.05, 0) is 0 Å². The molecule has 0 spiro atoms. The molecular weight excluding hydrogens is 577 g/mol. The normalized spacial score (nSPS) is 11.7. The van der Waals surface area contributed by atoms with Crippen molar-refractivity contribution < 1.29 is 0 Å². The molecule has 0 aliphatic rings. The van der Waals surface area contributed by atoms with Gasteiger partial charge >= 0.3 is 288 Å². The quantitative estimate of drug-likeness (QED) is 0.160. The van der Waals surface area contributed by atoms with Crippen LogP contribution in [0.1, 0.15) is 45.9 Å². The summed E-state index contributed by atoms with van der Waals surface area (Å²) in [5.41, 5.74) is 25.1. The second-order valence-electron chi connectivity index (χ2n) is 12.6. The first-order chi connectivity index (χ1) is 23.3. The molecule has 0 radical (unpaired) electrons. The predicted octanol–water partition coefficient (Wildman–Crippen LogP) is 11.1. The number of allylic oxidation sites excluding steroid dienone is 2. The molecule has 0 saturated carbocycles. The number of hydrogen-bond acceptors (Lipinski definition) is 1. The van der Waals surface area contributed by atoms with Crippen LogP contribution in [0.15, 0.2) is 152 Å². The van der Waals surface area contributed by atoms with Crippen molar-refractivity contribution in [2.24, 2.45) is 5.73 Å². The van der Waals surface area contributed by atoms with E-state index in [1.54, 1.807) is 0 Å². The molecule has 0 aliphatic carbocycles. The molecule has 6 rings (SSSR count). The second kappa shape index (κ2) is 14.6. The SMILES string of the molecule is C=C(B=C(/C=C(\C)c1ccc(-c2ccccc2)cc1)c1ccc(CN)c(-c2ccccc2C)c1)c1cccc(C)c1-c1ccccc1C. The van der Waals surface area contributed by atoms with Gasteiger partial charge in [-0.25, -0.2) is 0 Å². The molecule has 2 N–H and O–H groups in total. The van der Waals surface area contributed by atoms with Crippen molar-refractivity contribution in [2.45, 2.75) is 34.2 Å². The van der Waals surface area contributed by atoms with E-state index in [-0.39, 0.29) is 0 Å². The zero-order valence-corrected chi connectivity index (χ0v) is 28.4. The van der Waals surface area contributed by atoms with Crippen molar-refractivity contribution in [1.29, 1.82) is 0 Å². The van der Waals surface area contributed by atoms with Crippen molar-refractivity contribution in [2.75, 3.05) is 0 Å². The van der Waals surface area contributed by atoms with E-state index in [1.807, 2.05) is 0 Å². The van der Waals surface area contributed by atoms with Crippen LogP contribution in [0.2, 0.25) is 0 Å². The number of rotatable bonds is 9. The Morgan fingerprint density at radius 2 is 1.19 bits per heavy atom. The van der Waals surface area contributed by atoms with E-state index in [0.29, 0.717) is 6.54 Å². The van der Waals surface area contributed by atoms with Crippen molar-refractivity contribution in [3.05, 3.63) is 191 Å². The van der Waals surface area contributed by atoms with E-state index in [0.717, 1.165) is 27.6 Å². The fourth-order valence-electron chi connectivity index (χ4n) is 6.55. The summed E-state index contributed by atoms with van der Waals surface area (Å²) in [6.45, 7) is 16.1. The van der Waals surface area contributed by atoms with Gasteiger partial charge in [0.25, 0.3) is 0 Å². The Balaban J connectivity index is 1.49. The molecular formula is C46H42BN. The molecule has 0 unspecified atom stereocenters. The summed E-state index contributed by atoms with van der Waals surface area (Å²) in [7, 11) is 0. The van der Waals surface area contributed by atoms with Crippen molar-refractivity contribution in [1.82, 2.24) is 0 Å².